The first kappa shape index (κ1) is 64.2. The van der Waals surface area contributed by atoms with Gasteiger partial charge in [0, 0.05) is 6.42 Å². The van der Waals surface area contributed by atoms with Crippen LogP contribution in [0.5, 0.6) is 0 Å². The van der Waals surface area contributed by atoms with Crippen molar-refractivity contribution >= 4 is 13.7 Å². The lowest BCUT2D eigenvalue weighted by Crippen LogP contribution is -2.45. The van der Waals surface area contributed by atoms with Crippen LogP contribution in [0.15, 0.2) is 60.8 Å². The van der Waals surface area contributed by atoms with Gasteiger partial charge in [0.25, 0.3) is 0 Å². The number of carbonyl (C=O) groups is 1. The lowest BCUT2D eigenvalue weighted by Gasteiger charge is -2.25. The summed E-state index contributed by atoms with van der Waals surface area (Å²) in [6, 6.07) is -0.843. The Hall–Kier alpha value is -1.80. The smallest absolute Gasteiger partial charge is 0.387 e. The SMILES string of the molecule is CC/C=C\C/C=C\C/C=C\C/C=C\CCCCCCCCCCCCCCCCCCCCCCCCC(=O)NC(COP(=O)(O)OCC[N+](C)(C)C)C(O)/C=C/CCCCCCCCC. The average Bonchev–Trinajstić information content (AvgIpc) is 3.28. The van der Waals surface area contributed by atoms with Gasteiger partial charge in [0.1, 0.15) is 13.2 Å². The maximum Gasteiger partial charge on any atom is 0.472 e. The van der Waals surface area contributed by atoms with Crippen molar-refractivity contribution in [3.63, 3.8) is 0 Å². The van der Waals surface area contributed by atoms with E-state index in [4.69, 9.17) is 9.05 Å². The Labute approximate surface area is 409 Å². The number of aliphatic hydroxyl groups excluding tert-OH is 1. The van der Waals surface area contributed by atoms with Crippen LogP contribution in [-0.2, 0) is 18.4 Å². The van der Waals surface area contributed by atoms with E-state index in [1.165, 1.54) is 161 Å². The molecule has 0 aromatic carbocycles. The molecule has 0 saturated heterocycles. The van der Waals surface area contributed by atoms with Crippen molar-refractivity contribution in [1.82, 2.24) is 5.32 Å². The second-order valence-electron chi connectivity index (χ2n) is 19.9. The number of rotatable bonds is 50. The van der Waals surface area contributed by atoms with Gasteiger partial charge in [-0.1, -0.05) is 242 Å². The number of phosphoric acid groups is 1. The van der Waals surface area contributed by atoms with Crippen LogP contribution in [0.1, 0.15) is 245 Å². The highest BCUT2D eigenvalue weighted by atomic mass is 31.2. The molecule has 386 valence electrons. The number of hydrogen-bond donors (Lipinski definition) is 3. The molecule has 0 fully saturated rings. The van der Waals surface area contributed by atoms with Crippen molar-refractivity contribution in [1.29, 1.82) is 0 Å². The van der Waals surface area contributed by atoms with Gasteiger partial charge in [-0.05, 0) is 57.8 Å². The van der Waals surface area contributed by atoms with Crippen molar-refractivity contribution < 1.29 is 32.9 Å². The number of amides is 1. The topological polar surface area (TPSA) is 105 Å². The molecule has 0 aliphatic carbocycles. The molecule has 0 aliphatic heterocycles. The largest absolute Gasteiger partial charge is 0.472 e. The summed E-state index contributed by atoms with van der Waals surface area (Å²) in [6.45, 7) is 4.68. The van der Waals surface area contributed by atoms with Crippen molar-refractivity contribution in [2.24, 2.45) is 0 Å². The van der Waals surface area contributed by atoms with Gasteiger partial charge in [-0.2, -0.15) is 0 Å². The molecule has 8 nitrogen and oxygen atoms in total. The van der Waals surface area contributed by atoms with E-state index in [1.54, 1.807) is 6.08 Å². The van der Waals surface area contributed by atoms with E-state index >= 15 is 0 Å². The molecule has 0 bridgehead atoms. The second-order valence-corrected chi connectivity index (χ2v) is 21.4. The van der Waals surface area contributed by atoms with Gasteiger partial charge in [0.2, 0.25) is 5.91 Å². The predicted molar refractivity (Wildman–Crippen MR) is 286 cm³/mol. The predicted octanol–water partition coefficient (Wildman–Crippen LogP) is 16.5. The zero-order chi connectivity index (χ0) is 48.5. The summed E-state index contributed by atoms with van der Waals surface area (Å²) < 4.78 is 23.6. The number of hydrogen-bond acceptors (Lipinski definition) is 5. The summed E-state index contributed by atoms with van der Waals surface area (Å²) in [7, 11) is 1.57. The molecule has 0 heterocycles. The summed E-state index contributed by atoms with van der Waals surface area (Å²) in [5.41, 5.74) is 0. The molecule has 3 unspecified atom stereocenters. The fraction of sp³-hybridized carbons (Fsp3) is 0.807. The molecule has 0 aromatic rings. The first-order valence-corrected chi connectivity index (χ1v) is 29.2. The quantitative estimate of drug-likeness (QED) is 0.0243. The van der Waals surface area contributed by atoms with Crippen LogP contribution in [0.3, 0.4) is 0 Å². The highest BCUT2D eigenvalue weighted by Gasteiger charge is 2.27. The normalized spacial score (nSPS) is 14.5. The maximum absolute atomic E-state index is 12.9. The van der Waals surface area contributed by atoms with Gasteiger partial charge in [0.15, 0.2) is 0 Å². The third-order valence-corrected chi connectivity index (χ3v) is 13.2. The van der Waals surface area contributed by atoms with Gasteiger partial charge >= 0.3 is 7.82 Å². The molecule has 0 aromatic heterocycles. The molecular formula is C57H108N2O6P+. The zero-order valence-electron chi connectivity index (χ0n) is 43.9. The molecule has 0 spiro atoms. The second kappa shape index (κ2) is 48.2. The van der Waals surface area contributed by atoms with Crippen LogP contribution in [0.2, 0.25) is 0 Å². The van der Waals surface area contributed by atoms with E-state index in [1.807, 2.05) is 27.2 Å². The third-order valence-electron chi connectivity index (χ3n) is 12.2. The van der Waals surface area contributed by atoms with E-state index in [2.05, 4.69) is 67.8 Å². The van der Waals surface area contributed by atoms with E-state index in [0.29, 0.717) is 17.4 Å². The maximum atomic E-state index is 12.9. The highest BCUT2D eigenvalue weighted by Crippen LogP contribution is 2.43. The number of carbonyl (C=O) groups excluding carboxylic acids is 1. The number of allylic oxidation sites excluding steroid dienone is 9. The van der Waals surface area contributed by atoms with Crippen molar-refractivity contribution in [3.05, 3.63) is 60.8 Å². The molecule has 3 N–H and O–H groups in total. The highest BCUT2D eigenvalue weighted by molar-refractivity contribution is 7.47. The molecule has 0 aliphatic rings. The molecule has 1 amide bonds. The van der Waals surface area contributed by atoms with Gasteiger partial charge in [0.05, 0.1) is 39.9 Å². The Bertz CT molecular complexity index is 1260. The van der Waals surface area contributed by atoms with Crippen molar-refractivity contribution in [3.8, 4) is 0 Å². The standard InChI is InChI=1S/C57H107N2O6P/c1-6-8-10-12-14-16-17-18-19-20-21-22-23-24-25-26-27-28-29-30-31-32-33-34-35-36-37-38-39-40-41-43-45-47-49-51-57(61)58-55(54-65-66(62,63)64-53-52-59(3,4)5)56(60)50-48-46-44-42-15-13-11-9-7-2/h8,10,14,16,18-19,21-22,48,50,55-56,60H,6-7,9,11-13,15,17,20,23-47,49,51-54H2,1-5H3,(H-,58,61,62,63)/p+1/b10-8-,16-14-,19-18-,22-21-,50-48+. The average molecular weight is 948 g/mol. The lowest BCUT2D eigenvalue weighted by molar-refractivity contribution is -0.870. The monoisotopic (exact) mass is 948 g/mol. The summed E-state index contributed by atoms with van der Waals surface area (Å²) in [6.07, 6.45) is 64.9. The number of quaternary nitrogens is 1. The Morgan fingerprint density at radius 2 is 0.909 bits per heavy atom. The van der Waals surface area contributed by atoms with E-state index in [-0.39, 0.29) is 19.1 Å². The van der Waals surface area contributed by atoms with Crippen LogP contribution >= 0.6 is 7.82 Å². The molecule has 9 heteroatoms. The van der Waals surface area contributed by atoms with Crippen LogP contribution in [-0.4, -0.2) is 73.4 Å². The molecule has 0 rings (SSSR count). The fourth-order valence-electron chi connectivity index (χ4n) is 7.92. The molecule has 0 saturated carbocycles. The first-order chi connectivity index (χ1) is 32.0. The van der Waals surface area contributed by atoms with E-state index < -0.39 is 20.0 Å². The number of likely N-dealkylation sites (N-methyl/N-ethyl adjacent to an activating group) is 1. The lowest BCUT2D eigenvalue weighted by atomic mass is 10.0. The Morgan fingerprint density at radius 1 is 0.530 bits per heavy atom. The fourth-order valence-corrected chi connectivity index (χ4v) is 8.65. The summed E-state index contributed by atoms with van der Waals surface area (Å²) in [5.74, 6) is -0.178. The number of aliphatic hydroxyl groups is 1. The molecule has 3 atom stereocenters. The minimum absolute atomic E-state index is 0.0616. The number of phosphoric ester groups is 1. The van der Waals surface area contributed by atoms with E-state index in [0.717, 1.165) is 64.2 Å². The Kier molecular flexibility index (Phi) is 46.9. The summed E-state index contributed by atoms with van der Waals surface area (Å²) in [5, 5.41) is 13.8. The van der Waals surface area contributed by atoms with Crippen LogP contribution < -0.4 is 5.32 Å². The molecule has 66 heavy (non-hydrogen) atoms. The first-order valence-electron chi connectivity index (χ1n) is 27.7. The Balaban J connectivity index is 3.89. The number of nitrogens with one attached hydrogen (secondary N) is 1. The summed E-state index contributed by atoms with van der Waals surface area (Å²) in [4.78, 5) is 23.1. The van der Waals surface area contributed by atoms with Gasteiger partial charge < -0.3 is 19.8 Å². The van der Waals surface area contributed by atoms with Gasteiger partial charge in [-0.3, -0.25) is 13.8 Å². The van der Waals surface area contributed by atoms with Gasteiger partial charge in [-0.15, -0.1) is 0 Å². The number of nitrogens with zero attached hydrogens (tertiary/aromatic N) is 1. The summed E-state index contributed by atoms with van der Waals surface area (Å²) >= 11 is 0. The molecule has 0 radical (unpaired) electrons. The third kappa shape index (κ3) is 50.1. The van der Waals surface area contributed by atoms with Crippen molar-refractivity contribution in [2.75, 3.05) is 40.9 Å². The van der Waals surface area contributed by atoms with Crippen LogP contribution in [0, 0.1) is 0 Å². The van der Waals surface area contributed by atoms with Crippen LogP contribution in [0.4, 0.5) is 0 Å². The van der Waals surface area contributed by atoms with Crippen LogP contribution in [0.25, 0.3) is 0 Å². The minimum atomic E-state index is -4.33. The van der Waals surface area contributed by atoms with Gasteiger partial charge in [-0.25, -0.2) is 4.57 Å². The van der Waals surface area contributed by atoms with E-state index in [9.17, 15) is 19.4 Å². The molecular weight excluding hydrogens is 840 g/mol. The van der Waals surface area contributed by atoms with Crippen molar-refractivity contribution in [2.45, 2.75) is 257 Å². The number of unbranched alkanes of at least 4 members (excludes halogenated alkanes) is 29. The zero-order valence-corrected chi connectivity index (χ0v) is 44.8. The minimum Gasteiger partial charge on any atom is -0.387 e. The Morgan fingerprint density at radius 3 is 1.33 bits per heavy atom.